The molecule has 1 saturated carbocycles. The molecule has 9 nitrogen and oxygen atoms in total. The molecule has 2 heterocycles. The van der Waals surface area contributed by atoms with Crippen molar-refractivity contribution in [1.82, 2.24) is 14.5 Å². The van der Waals surface area contributed by atoms with Crippen LogP contribution < -0.4 is 18.9 Å². The average molecular weight is 530 g/mol. The molecule has 2 aromatic rings. The summed E-state index contributed by atoms with van der Waals surface area (Å²) < 4.78 is 45.1. The van der Waals surface area contributed by atoms with Gasteiger partial charge in [0.05, 0.1) is 4.90 Å². The second-order valence-electron chi connectivity index (χ2n) is 10.0. The van der Waals surface area contributed by atoms with E-state index in [1.165, 1.54) is 6.42 Å². The molecule has 0 atom stereocenters. The third kappa shape index (κ3) is 6.37. The standard InChI is InChI=1S/C27H35N3O6S/c1-20-15-23(37(32,33)28-22-5-3-2-4-6-22)8-10-24(20)34-18-27(31)30-13-11-29(12-14-30)17-21-7-9-25-26(16-21)36-19-35-25/h7-10,15-16,22,28H,2-6,11-14,17-19H2,1H3. The highest BCUT2D eigenvalue weighted by molar-refractivity contribution is 7.89. The molecular formula is C27H35N3O6S. The van der Waals surface area contributed by atoms with E-state index in [2.05, 4.69) is 9.62 Å². The van der Waals surface area contributed by atoms with Crippen LogP contribution in [-0.2, 0) is 21.4 Å². The average Bonchev–Trinajstić information content (AvgIpc) is 3.36. The Hall–Kier alpha value is -2.82. The molecule has 200 valence electrons. The first-order valence-corrected chi connectivity index (χ1v) is 14.5. The summed E-state index contributed by atoms with van der Waals surface area (Å²) in [5.74, 6) is 2.01. The number of ether oxygens (including phenoxy) is 3. The van der Waals surface area contributed by atoms with E-state index in [0.29, 0.717) is 24.4 Å². The largest absolute Gasteiger partial charge is 0.483 e. The fraction of sp³-hybridized carbons (Fsp3) is 0.519. The maximum absolute atomic E-state index is 12.8. The molecule has 37 heavy (non-hydrogen) atoms. The van der Waals surface area contributed by atoms with Crippen molar-refractivity contribution < 1.29 is 27.4 Å². The van der Waals surface area contributed by atoms with Gasteiger partial charge in [0.25, 0.3) is 5.91 Å². The SMILES string of the molecule is Cc1cc(S(=O)(=O)NC2CCCCC2)ccc1OCC(=O)N1CCN(Cc2ccc3c(c2)OCO3)CC1. The number of rotatable bonds is 8. The predicted molar refractivity (Wildman–Crippen MR) is 138 cm³/mol. The van der Waals surface area contributed by atoms with E-state index in [1.807, 2.05) is 23.1 Å². The lowest BCUT2D eigenvalue weighted by atomic mass is 9.96. The van der Waals surface area contributed by atoms with E-state index in [1.54, 1.807) is 25.1 Å². The van der Waals surface area contributed by atoms with Gasteiger partial charge in [0.2, 0.25) is 16.8 Å². The minimum absolute atomic E-state index is 0.00471. The number of carbonyl (C=O) groups is 1. The smallest absolute Gasteiger partial charge is 0.260 e. The number of piperazine rings is 1. The molecule has 1 N–H and O–H groups in total. The van der Waals surface area contributed by atoms with Gasteiger partial charge in [-0.3, -0.25) is 9.69 Å². The molecule has 5 rings (SSSR count). The van der Waals surface area contributed by atoms with Gasteiger partial charge in [0, 0.05) is 38.8 Å². The van der Waals surface area contributed by atoms with Crippen LogP contribution in [-0.4, -0.2) is 69.7 Å². The number of nitrogens with one attached hydrogen (secondary N) is 1. The molecule has 0 spiro atoms. The summed E-state index contributed by atoms with van der Waals surface area (Å²) in [7, 11) is -3.58. The summed E-state index contributed by atoms with van der Waals surface area (Å²) in [5.41, 5.74) is 1.84. The molecule has 2 aliphatic heterocycles. The normalized spacial score (nSPS) is 18.7. The van der Waals surface area contributed by atoms with Crippen molar-refractivity contribution in [1.29, 1.82) is 0 Å². The van der Waals surface area contributed by atoms with Crippen LogP contribution in [0.2, 0.25) is 0 Å². The summed E-state index contributed by atoms with van der Waals surface area (Å²) in [4.78, 5) is 17.1. The molecule has 0 radical (unpaired) electrons. The van der Waals surface area contributed by atoms with Crippen molar-refractivity contribution in [2.45, 2.75) is 56.5 Å². The van der Waals surface area contributed by atoms with E-state index in [9.17, 15) is 13.2 Å². The van der Waals surface area contributed by atoms with Crippen molar-refractivity contribution >= 4 is 15.9 Å². The summed E-state index contributed by atoms with van der Waals surface area (Å²) >= 11 is 0. The van der Waals surface area contributed by atoms with Gasteiger partial charge in [-0.15, -0.1) is 0 Å². The topological polar surface area (TPSA) is 97.4 Å². The van der Waals surface area contributed by atoms with Crippen molar-refractivity contribution in [3.05, 3.63) is 47.5 Å². The summed E-state index contributed by atoms with van der Waals surface area (Å²) in [6.45, 7) is 5.61. The fourth-order valence-electron chi connectivity index (χ4n) is 5.14. The number of sulfonamides is 1. The van der Waals surface area contributed by atoms with Crippen LogP contribution in [0, 0.1) is 6.92 Å². The lowest BCUT2D eigenvalue weighted by Crippen LogP contribution is -2.49. The molecule has 0 bridgehead atoms. The van der Waals surface area contributed by atoms with E-state index in [-0.39, 0.29) is 30.2 Å². The second kappa shape index (κ2) is 11.3. The van der Waals surface area contributed by atoms with Crippen molar-refractivity contribution in [2.75, 3.05) is 39.6 Å². The van der Waals surface area contributed by atoms with Gasteiger partial charge in [-0.2, -0.15) is 0 Å². The lowest BCUT2D eigenvalue weighted by molar-refractivity contribution is -0.135. The molecule has 1 amide bonds. The minimum Gasteiger partial charge on any atom is -0.483 e. The zero-order chi connectivity index (χ0) is 25.8. The molecule has 10 heteroatoms. The van der Waals surface area contributed by atoms with Crippen LogP contribution in [0.25, 0.3) is 0 Å². The minimum atomic E-state index is -3.58. The predicted octanol–water partition coefficient (Wildman–Crippen LogP) is 3.06. The van der Waals surface area contributed by atoms with Crippen LogP contribution in [0.3, 0.4) is 0 Å². The Bertz CT molecular complexity index is 1220. The fourth-order valence-corrected chi connectivity index (χ4v) is 6.53. The maximum atomic E-state index is 12.8. The highest BCUT2D eigenvalue weighted by atomic mass is 32.2. The van der Waals surface area contributed by atoms with Crippen LogP contribution in [0.15, 0.2) is 41.3 Å². The van der Waals surface area contributed by atoms with Crippen molar-refractivity contribution in [2.24, 2.45) is 0 Å². The first-order chi connectivity index (χ1) is 17.9. The molecule has 1 aliphatic carbocycles. The van der Waals surface area contributed by atoms with Crippen molar-refractivity contribution in [3.63, 3.8) is 0 Å². The quantitative estimate of drug-likeness (QED) is 0.561. The van der Waals surface area contributed by atoms with E-state index in [4.69, 9.17) is 14.2 Å². The number of carbonyl (C=O) groups excluding carboxylic acids is 1. The van der Waals surface area contributed by atoms with Gasteiger partial charge in [-0.1, -0.05) is 25.3 Å². The first kappa shape index (κ1) is 25.8. The monoisotopic (exact) mass is 529 g/mol. The third-order valence-corrected chi connectivity index (χ3v) is 8.82. The first-order valence-electron chi connectivity index (χ1n) is 13.0. The van der Waals surface area contributed by atoms with Gasteiger partial charge in [-0.05, 0) is 61.2 Å². The van der Waals surface area contributed by atoms with Crippen LogP contribution in [0.4, 0.5) is 0 Å². The number of hydrogen-bond donors (Lipinski definition) is 1. The zero-order valence-corrected chi connectivity index (χ0v) is 22.1. The lowest BCUT2D eigenvalue weighted by Gasteiger charge is -2.34. The molecule has 0 unspecified atom stereocenters. The Balaban J connectivity index is 1.09. The highest BCUT2D eigenvalue weighted by Gasteiger charge is 2.24. The zero-order valence-electron chi connectivity index (χ0n) is 21.3. The van der Waals surface area contributed by atoms with Gasteiger partial charge in [0.15, 0.2) is 18.1 Å². The van der Waals surface area contributed by atoms with Crippen LogP contribution in [0.5, 0.6) is 17.2 Å². The molecule has 1 saturated heterocycles. The Kier molecular flexibility index (Phi) is 7.87. The molecule has 3 aliphatic rings. The van der Waals surface area contributed by atoms with Crippen molar-refractivity contribution in [3.8, 4) is 17.2 Å². The van der Waals surface area contributed by atoms with E-state index < -0.39 is 10.0 Å². The Labute approximate surface area is 218 Å². The third-order valence-electron chi connectivity index (χ3n) is 7.30. The number of hydrogen-bond acceptors (Lipinski definition) is 7. The number of amides is 1. The Morgan fingerprint density at radius 3 is 2.51 bits per heavy atom. The van der Waals surface area contributed by atoms with Crippen LogP contribution in [0.1, 0.15) is 43.2 Å². The number of fused-ring (bicyclic) bond motifs is 1. The molecule has 2 aromatic carbocycles. The number of nitrogens with zero attached hydrogens (tertiary/aromatic N) is 2. The Morgan fingerprint density at radius 1 is 1.00 bits per heavy atom. The van der Waals surface area contributed by atoms with E-state index >= 15 is 0 Å². The van der Waals surface area contributed by atoms with Gasteiger partial charge in [-0.25, -0.2) is 13.1 Å². The van der Waals surface area contributed by atoms with Gasteiger partial charge in [0.1, 0.15) is 5.75 Å². The summed E-state index contributed by atoms with van der Waals surface area (Å²) in [6, 6.07) is 10.8. The maximum Gasteiger partial charge on any atom is 0.260 e. The van der Waals surface area contributed by atoms with E-state index in [0.717, 1.165) is 62.4 Å². The van der Waals surface area contributed by atoms with Crippen LogP contribution >= 0.6 is 0 Å². The molecule has 2 fully saturated rings. The second-order valence-corrected chi connectivity index (χ2v) is 11.7. The summed E-state index contributed by atoms with van der Waals surface area (Å²) in [6.07, 6.45) is 5.05. The molecule has 0 aromatic heterocycles. The number of aryl methyl sites for hydroxylation is 1. The summed E-state index contributed by atoms with van der Waals surface area (Å²) in [5, 5.41) is 0. The van der Waals surface area contributed by atoms with Gasteiger partial charge >= 0.3 is 0 Å². The van der Waals surface area contributed by atoms with Gasteiger partial charge < -0.3 is 19.1 Å². The molecular weight excluding hydrogens is 494 g/mol. The number of benzene rings is 2. The highest BCUT2D eigenvalue weighted by Crippen LogP contribution is 2.33. The Morgan fingerprint density at radius 2 is 1.76 bits per heavy atom.